The van der Waals surface area contributed by atoms with Gasteiger partial charge in [0, 0.05) is 0 Å². The van der Waals surface area contributed by atoms with Crippen molar-refractivity contribution in [2.45, 2.75) is 12.8 Å². The molecule has 0 saturated carbocycles. The molecule has 0 heteroatoms. The van der Waals surface area contributed by atoms with Gasteiger partial charge in [-0.3, -0.25) is 0 Å². The van der Waals surface area contributed by atoms with Gasteiger partial charge in [-0.05, 0) is 23.6 Å². The molecule has 0 aliphatic heterocycles. The lowest BCUT2D eigenvalue weighted by molar-refractivity contribution is 1.04. The van der Waals surface area contributed by atoms with Crippen molar-refractivity contribution in [1.29, 1.82) is 0 Å². The summed E-state index contributed by atoms with van der Waals surface area (Å²) < 4.78 is 0. The summed E-state index contributed by atoms with van der Waals surface area (Å²) in [6.45, 7) is 2.10. The van der Waals surface area contributed by atoms with Crippen LogP contribution in [-0.2, 0) is 0 Å². The third kappa shape index (κ3) is 1.99. The van der Waals surface area contributed by atoms with Crippen LogP contribution in [0.5, 0.6) is 0 Å². The largest absolute Gasteiger partial charge is 0.119 e. The molecule has 0 radical (unpaired) electrons. The second-order valence-corrected chi connectivity index (χ2v) is 3.87. The zero-order valence-corrected chi connectivity index (χ0v) is 9.35. The van der Waals surface area contributed by atoms with Crippen LogP contribution in [0.3, 0.4) is 0 Å². The van der Waals surface area contributed by atoms with Crippen LogP contribution in [0.4, 0.5) is 0 Å². The Hall–Kier alpha value is -2.00. The zero-order valence-electron chi connectivity index (χ0n) is 9.35. The van der Waals surface area contributed by atoms with Gasteiger partial charge in [0.2, 0.25) is 0 Å². The van der Waals surface area contributed by atoms with Gasteiger partial charge in [0.15, 0.2) is 0 Å². The second kappa shape index (κ2) is 4.68. The normalized spacial score (nSPS) is 11.8. The summed E-state index contributed by atoms with van der Waals surface area (Å²) in [6.07, 6.45) is 5.66. The minimum absolute atomic E-state index is 0.0578. The molecule has 16 heavy (non-hydrogen) atoms. The summed E-state index contributed by atoms with van der Waals surface area (Å²) in [5.41, 5.74) is 3.64. The van der Waals surface area contributed by atoms with Crippen molar-refractivity contribution < 1.29 is 0 Å². The lowest BCUT2D eigenvalue weighted by Gasteiger charge is -2.13. The van der Waals surface area contributed by atoms with E-state index in [0.717, 1.165) is 0 Å². The first-order valence-electron chi connectivity index (χ1n) is 5.39. The number of rotatable bonds is 2. The van der Waals surface area contributed by atoms with E-state index in [1.54, 1.807) is 0 Å². The van der Waals surface area contributed by atoms with Gasteiger partial charge in [-0.15, -0.1) is 6.42 Å². The molecule has 0 saturated heterocycles. The van der Waals surface area contributed by atoms with Gasteiger partial charge in [-0.1, -0.05) is 60.5 Å². The molecule has 0 amide bonds. The van der Waals surface area contributed by atoms with Crippen LogP contribution in [0.1, 0.15) is 22.6 Å². The van der Waals surface area contributed by atoms with Crippen molar-refractivity contribution in [3.8, 4) is 12.3 Å². The fourth-order valence-electron chi connectivity index (χ4n) is 1.92. The average Bonchev–Trinajstić information content (AvgIpc) is 2.34. The first kappa shape index (κ1) is 10.5. The Labute approximate surface area is 96.9 Å². The molecule has 0 heterocycles. The molecule has 0 aromatic heterocycles. The molecular weight excluding hydrogens is 192 g/mol. The molecule has 0 nitrogen and oxygen atoms in total. The van der Waals surface area contributed by atoms with Gasteiger partial charge >= 0.3 is 0 Å². The minimum Gasteiger partial charge on any atom is -0.119 e. The maximum Gasteiger partial charge on any atom is 0.0702 e. The van der Waals surface area contributed by atoms with Crippen LogP contribution < -0.4 is 0 Å². The van der Waals surface area contributed by atoms with Crippen LogP contribution in [0, 0.1) is 19.3 Å². The monoisotopic (exact) mass is 206 g/mol. The van der Waals surface area contributed by atoms with E-state index in [1.165, 1.54) is 16.7 Å². The topological polar surface area (TPSA) is 0 Å². The van der Waals surface area contributed by atoms with Crippen molar-refractivity contribution >= 4 is 0 Å². The molecule has 0 aliphatic rings. The Morgan fingerprint density at radius 3 is 2.19 bits per heavy atom. The first-order chi connectivity index (χ1) is 7.83. The van der Waals surface area contributed by atoms with Crippen LogP contribution in [-0.4, -0.2) is 0 Å². The molecule has 0 fully saturated rings. The summed E-state index contributed by atoms with van der Waals surface area (Å²) in [4.78, 5) is 0. The third-order valence-electron chi connectivity index (χ3n) is 2.80. The first-order valence-corrected chi connectivity index (χ1v) is 5.39. The van der Waals surface area contributed by atoms with Crippen LogP contribution in [0.25, 0.3) is 0 Å². The molecule has 1 atom stereocenters. The third-order valence-corrected chi connectivity index (χ3v) is 2.80. The van der Waals surface area contributed by atoms with Crippen molar-refractivity contribution in [2.24, 2.45) is 0 Å². The highest BCUT2D eigenvalue weighted by molar-refractivity contribution is 5.42. The van der Waals surface area contributed by atoms with Gasteiger partial charge in [0.05, 0.1) is 5.92 Å². The Balaban J connectivity index is 2.47. The quantitative estimate of drug-likeness (QED) is 0.656. The number of hydrogen-bond donors (Lipinski definition) is 0. The maximum atomic E-state index is 5.66. The molecule has 2 aromatic rings. The van der Waals surface area contributed by atoms with E-state index in [4.69, 9.17) is 6.42 Å². The summed E-state index contributed by atoms with van der Waals surface area (Å²) in [6, 6.07) is 18.5. The Morgan fingerprint density at radius 2 is 1.56 bits per heavy atom. The van der Waals surface area contributed by atoms with E-state index in [-0.39, 0.29) is 5.92 Å². The van der Waals surface area contributed by atoms with Crippen molar-refractivity contribution in [3.63, 3.8) is 0 Å². The van der Waals surface area contributed by atoms with E-state index in [9.17, 15) is 0 Å². The standard InChI is InChI=1S/C16H14/c1-3-15(14-10-5-4-6-11-14)16-12-8-7-9-13(16)2/h1,4-12,15H,2H3. The van der Waals surface area contributed by atoms with E-state index in [1.807, 2.05) is 30.3 Å². The lowest BCUT2D eigenvalue weighted by atomic mass is 9.89. The van der Waals surface area contributed by atoms with Crippen LogP contribution in [0.2, 0.25) is 0 Å². The summed E-state index contributed by atoms with van der Waals surface area (Å²) in [5.74, 6) is 2.93. The smallest absolute Gasteiger partial charge is 0.0702 e. The molecule has 1 unspecified atom stereocenters. The molecule has 0 spiro atoms. The minimum atomic E-state index is 0.0578. The molecule has 0 aliphatic carbocycles. The van der Waals surface area contributed by atoms with Gasteiger partial charge in [-0.2, -0.15) is 0 Å². The average molecular weight is 206 g/mol. The summed E-state index contributed by atoms with van der Waals surface area (Å²) in [5, 5.41) is 0. The highest BCUT2D eigenvalue weighted by Crippen LogP contribution is 2.25. The van der Waals surface area contributed by atoms with Crippen LogP contribution >= 0.6 is 0 Å². The SMILES string of the molecule is C#CC(c1ccccc1)c1ccccc1C. The number of benzene rings is 2. The van der Waals surface area contributed by atoms with Crippen molar-refractivity contribution in [3.05, 3.63) is 71.3 Å². The number of aryl methyl sites for hydroxylation is 1. The van der Waals surface area contributed by atoms with Gasteiger partial charge in [0.25, 0.3) is 0 Å². The fraction of sp³-hybridized carbons (Fsp3) is 0.125. The zero-order chi connectivity index (χ0) is 11.4. The molecule has 2 aromatic carbocycles. The highest BCUT2D eigenvalue weighted by Gasteiger charge is 2.12. The predicted octanol–water partition coefficient (Wildman–Crippen LogP) is 3.76. The number of terminal acetylenes is 1. The molecular formula is C16H14. The maximum absolute atomic E-state index is 5.66. The number of hydrogen-bond acceptors (Lipinski definition) is 0. The molecule has 2 rings (SSSR count). The van der Waals surface area contributed by atoms with Crippen molar-refractivity contribution in [1.82, 2.24) is 0 Å². The van der Waals surface area contributed by atoms with E-state index >= 15 is 0 Å². The molecule has 0 bridgehead atoms. The molecule has 0 N–H and O–H groups in total. The lowest BCUT2D eigenvalue weighted by Crippen LogP contribution is -2.00. The van der Waals surface area contributed by atoms with Gasteiger partial charge in [0.1, 0.15) is 0 Å². The van der Waals surface area contributed by atoms with Crippen LogP contribution in [0.15, 0.2) is 54.6 Å². The predicted molar refractivity (Wildman–Crippen MR) is 68.3 cm³/mol. The Kier molecular flexibility index (Phi) is 3.08. The summed E-state index contributed by atoms with van der Waals surface area (Å²) in [7, 11) is 0. The Bertz CT molecular complexity index is 503. The van der Waals surface area contributed by atoms with Gasteiger partial charge in [-0.25, -0.2) is 0 Å². The van der Waals surface area contributed by atoms with E-state index < -0.39 is 0 Å². The van der Waals surface area contributed by atoms with Crippen molar-refractivity contribution in [2.75, 3.05) is 0 Å². The van der Waals surface area contributed by atoms with E-state index in [0.29, 0.717) is 0 Å². The fourth-order valence-corrected chi connectivity index (χ4v) is 1.92. The Morgan fingerprint density at radius 1 is 0.938 bits per heavy atom. The second-order valence-electron chi connectivity index (χ2n) is 3.87. The highest BCUT2D eigenvalue weighted by atomic mass is 14.1. The summed E-state index contributed by atoms with van der Waals surface area (Å²) >= 11 is 0. The van der Waals surface area contributed by atoms with E-state index in [2.05, 4.69) is 37.1 Å². The van der Waals surface area contributed by atoms with Gasteiger partial charge < -0.3 is 0 Å². The molecule has 78 valence electrons.